The number of H-pyrrole nitrogens is 1. The van der Waals surface area contributed by atoms with Gasteiger partial charge in [0.1, 0.15) is 11.0 Å². The normalized spacial score (nSPS) is 23.8. The number of morpholine rings is 1. The number of carbonyl (C=O) groups is 1. The number of amides is 1. The van der Waals surface area contributed by atoms with Crippen molar-refractivity contribution in [3.8, 4) is 0 Å². The van der Waals surface area contributed by atoms with Gasteiger partial charge in [-0.3, -0.25) is 4.79 Å². The van der Waals surface area contributed by atoms with Crippen LogP contribution in [0.15, 0.2) is 18.2 Å². The second-order valence-electron chi connectivity index (χ2n) is 4.99. The topological polar surface area (TPSA) is 71.1 Å². The highest BCUT2D eigenvalue weighted by Crippen LogP contribution is 2.16. The van der Waals surface area contributed by atoms with Gasteiger partial charge >= 0.3 is 0 Å². The zero-order valence-electron chi connectivity index (χ0n) is 11.0. The fraction of sp³-hybridized carbons (Fsp3) is 0.462. The van der Waals surface area contributed by atoms with Gasteiger partial charge in [0.15, 0.2) is 0 Å². The maximum Gasteiger partial charge on any atom is 0.254 e. The van der Waals surface area contributed by atoms with Gasteiger partial charge in [-0.1, -0.05) is 0 Å². The molecule has 2 heterocycles. The first-order valence-electron chi connectivity index (χ1n) is 6.39. The van der Waals surface area contributed by atoms with Crippen LogP contribution in [-0.4, -0.2) is 51.5 Å². The molecule has 1 aliphatic heterocycles. The number of hydrogen-bond donors (Lipinski definition) is 1. The van der Waals surface area contributed by atoms with Gasteiger partial charge in [-0.25, -0.2) is 0 Å². The highest BCUT2D eigenvalue weighted by Gasteiger charge is 2.26. The number of nitrogens with one attached hydrogen (secondary N) is 1. The fourth-order valence-corrected chi connectivity index (χ4v) is 2.50. The summed E-state index contributed by atoms with van der Waals surface area (Å²) in [6.45, 7) is 5.22. The number of ether oxygens (including phenoxy) is 1. The Bertz CT molecular complexity index is 599. The molecule has 0 bridgehead atoms. The summed E-state index contributed by atoms with van der Waals surface area (Å²) in [5.41, 5.74) is 2.11. The number of fused-ring (bicyclic) bond motifs is 1. The Kier molecular flexibility index (Phi) is 2.94. The minimum absolute atomic E-state index is 0.0203. The molecule has 1 aromatic carbocycles. The summed E-state index contributed by atoms with van der Waals surface area (Å²) < 4.78 is 5.64. The van der Waals surface area contributed by atoms with E-state index >= 15 is 0 Å². The third-order valence-electron chi connectivity index (χ3n) is 3.27. The van der Waals surface area contributed by atoms with E-state index < -0.39 is 0 Å². The molecule has 0 aliphatic carbocycles. The van der Waals surface area contributed by atoms with Crippen LogP contribution >= 0.6 is 0 Å². The lowest BCUT2D eigenvalue weighted by atomic mass is 10.1. The lowest BCUT2D eigenvalue weighted by Crippen LogP contribution is -2.48. The summed E-state index contributed by atoms with van der Waals surface area (Å²) in [6.07, 6.45) is 0.145. The first-order valence-corrected chi connectivity index (χ1v) is 6.39. The summed E-state index contributed by atoms with van der Waals surface area (Å²) in [5, 5.41) is 10.5. The van der Waals surface area contributed by atoms with Gasteiger partial charge < -0.3 is 9.64 Å². The number of benzene rings is 1. The molecule has 0 spiro atoms. The number of nitrogens with zero attached hydrogens (tertiary/aromatic N) is 3. The van der Waals surface area contributed by atoms with Crippen molar-refractivity contribution >= 4 is 16.9 Å². The lowest BCUT2D eigenvalue weighted by Gasteiger charge is -2.35. The summed E-state index contributed by atoms with van der Waals surface area (Å²) in [4.78, 5) is 14.3. The van der Waals surface area contributed by atoms with Crippen LogP contribution in [0.3, 0.4) is 0 Å². The second kappa shape index (κ2) is 4.62. The molecule has 3 rings (SSSR count). The third-order valence-corrected chi connectivity index (χ3v) is 3.27. The Morgan fingerprint density at radius 2 is 1.95 bits per heavy atom. The van der Waals surface area contributed by atoms with Crippen molar-refractivity contribution in [1.82, 2.24) is 20.3 Å². The Hall–Kier alpha value is -1.95. The van der Waals surface area contributed by atoms with E-state index in [1.54, 1.807) is 18.2 Å². The van der Waals surface area contributed by atoms with Crippen molar-refractivity contribution in [1.29, 1.82) is 0 Å². The van der Waals surface area contributed by atoms with Crippen molar-refractivity contribution < 1.29 is 9.53 Å². The van der Waals surface area contributed by atoms with Crippen LogP contribution in [0.5, 0.6) is 0 Å². The monoisotopic (exact) mass is 260 g/mol. The highest BCUT2D eigenvalue weighted by molar-refractivity contribution is 5.97. The first-order chi connectivity index (χ1) is 9.13. The first kappa shape index (κ1) is 12.1. The Morgan fingerprint density at radius 1 is 1.26 bits per heavy atom. The molecule has 1 amide bonds. The van der Waals surface area contributed by atoms with E-state index in [0.717, 1.165) is 5.52 Å². The Morgan fingerprint density at radius 3 is 2.68 bits per heavy atom. The predicted molar refractivity (Wildman–Crippen MR) is 69.8 cm³/mol. The van der Waals surface area contributed by atoms with Gasteiger partial charge in [0.25, 0.3) is 5.91 Å². The van der Waals surface area contributed by atoms with Crippen LogP contribution < -0.4 is 0 Å². The van der Waals surface area contributed by atoms with Gasteiger partial charge in [-0.2, -0.15) is 15.4 Å². The van der Waals surface area contributed by atoms with Crippen LogP contribution in [-0.2, 0) is 4.74 Å². The molecule has 2 unspecified atom stereocenters. The van der Waals surface area contributed by atoms with Crippen molar-refractivity contribution in [3.05, 3.63) is 23.8 Å². The van der Waals surface area contributed by atoms with E-state index in [0.29, 0.717) is 24.2 Å². The lowest BCUT2D eigenvalue weighted by molar-refractivity contribution is -0.0586. The molecule has 1 saturated heterocycles. The molecule has 0 radical (unpaired) electrons. The van der Waals surface area contributed by atoms with E-state index in [4.69, 9.17) is 4.74 Å². The number of aromatic nitrogens is 3. The Balaban J connectivity index is 1.86. The number of rotatable bonds is 1. The molecule has 0 saturated carbocycles. The summed E-state index contributed by atoms with van der Waals surface area (Å²) in [6, 6.07) is 5.36. The van der Waals surface area contributed by atoms with Crippen LogP contribution in [0.4, 0.5) is 0 Å². The third kappa shape index (κ3) is 2.31. The maximum atomic E-state index is 12.5. The molecule has 6 nitrogen and oxygen atoms in total. The smallest absolute Gasteiger partial charge is 0.254 e. The minimum atomic E-state index is 0.0203. The molecule has 19 heavy (non-hydrogen) atoms. The predicted octanol–water partition coefficient (Wildman–Crippen LogP) is 1.21. The zero-order valence-corrected chi connectivity index (χ0v) is 11.0. The van der Waals surface area contributed by atoms with Gasteiger partial charge in [-0.05, 0) is 32.0 Å². The SMILES string of the molecule is CC1CN(C(=O)c2ccc3n[nH]nc3c2)CC(C)O1. The fourth-order valence-electron chi connectivity index (χ4n) is 2.50. The van der Waals surface area contributed by atoms with Crippen molar-refractivity contribution in [2.45, 2.75) is 26.1 Å². The average Bonchev–Trinajstić information content (AvgIpc) is 2.83. The number of carbonyl (C=O) groups excluding carboxylic acids is 1. The van der Waals surface area contributed by atoms with E-state index in [1.807, 2.05) is 18.7 Å². The quantitative estimate of drug-likeness (QED) is 0.836. The molecular weight excluding hydrogens is 244 g/mol. The van der Waals surface area contributed by atoms with Crippen molar-refractivity contribution in [2.24, 2.45) is 0 Å². The average molecular weight is 260 g/mol. The summed E-state index contributed by atoms with van der Waals surface area (Å²) in [5.74, 6) is 0.0203. The second-order valence-corrected chi connectivity index (χ2v) is 4.99. The number of aromatic amines is 1. The zero-order chi connectivity index (χ0) is 13.4. The largest absolute Gasteiger partial charge is 0.372 e. The summed E-state index contributed by atoms with van der Waals surface area (Å²) >= 11 is 0. The van der Waals surface area contributed by atoms with E-state index in [1.165, 1.54) is 0 Å². The van der Waals surface area contributed by atoms with E-state index in [9.17, 15) is 4.79 Å². The molecule has 1 N–H and O–H groups in total. The molecular formula is C13H16N4O2. The summed E-state index contributed by atoms with van der Waals surface area (Å²) in [7, 11) is 0. The van der Waals surface area contributed by atoms with Crippen molar-refractivity contribution in [3.63, 3.8) is 0 Å². The van der Waals surface area contributed by atoms with Gasteiger partial charge in [0.2, 0.25) is 0 Å². The van der Waals surface area contributed by atoms with Gasteiger partial charge in [0, 0.05) is 18.7 Å². The molecule has 1 aliphatic rings. The van der Waals surface area contributed by atoms with Crippen LogP contribution in [0.2, 0.25) is 0 Å². The molecule has 2 aromatic rings. The Labute approximate surface area is 110 Å². The van der Waals surface area contributed by atoms with Gasteiger partial charge in [0.05, 0.1) is 12.2 Å². The molecule has 2 atom stereocenters. The molecule has 100 valence electrons. The van der Waals surface area contributed by atoms with Crippen LogP contribution in [0.1, 0.15) is 24.2 Å². The van der Waals surface area contributed by atoms with Crippen LogP contribution in [0.25, 0.3) is 11.0 Å². The van der Waals surface area contributed by atoms with Crippen LogP contribution in [0, 0.1) is 0 Å². The molecule has 6 heteroatoms. The van der Waals surface area contributed by atoms with Crippen molar-refractivity contribution in [2.75, 3.05) is 13.1 Å². The highest BCUT2D eigenvalue weighted by atomic mass is 16.5. The minimum Gasteiger partial charge on any atom is -0.372 e. The van der Waals surface area contributed by atoms with E-state index in [2.05, 4.69) is 15.4 Å². The maximum absolute atomic E-state index is 12.5. The molecule has 1 fully saturated rings. The standard InChI is InChI=1S/C13H16N4O2/c1-8-6-17(7-9(2)19-8)13(18)10-3-4-11-12(5-10)15-16-14-11/h3-5,8-9H,6-7H2,1-2H3,(H,14,15,16). The van der Waals surface area contributed by atoms with Gasteiger partial charge in [-0.15, -0.1) is 0 Å². The number of hydrogen-bond acceptors (Lipinski definition) is 4. The van der Waals surface area contributed by atoms with E-state index in [-0.39, 0.29) is 18.1 Å². The molecule has 1 aromatic heterocycles.